The Bertz CT molecular complexity index is 1520. The molecule has 1 atom stereocenters. The number of amides is 2. The molecule has 1 saturated carbocycles. The molecule has 43 heavy (non-hydrogen) atoms. The maximum absolute atomic E-state index is 14.0. The van der Waals surface area contributed by atoms with Crippen molar-refractivity contribution in [2.75, 3.05) is 17.1 Å². The average molecular weight is 665 g/mol. The number of carbonyl (C=O) groups excluding carboxylic acids is 2. The average Bonchev–Trinajstić information content (AvgIpc) is 3.47. The summed E-state index contributed by atoms with van der Waals surface area (Å²) in [4.78, 5) is 29.4. The quantitative estimate of drug-likeness (QED) is 0.216. The number of carbonyl (C=O) groups is 2. The van der Waals surface area contributed by atoms with Crippen LogP contribution in [0.4, 0.5) is 5.69 Å². The second kappa shape index (κ2) is 15.3. The van der Waals surface area contributed by atoms with Gasteiger partial charge in [-0.1, -0.05) is 90.1 Å². The molecule has 1 fully saturated rings. The summed E-state index contributed by atoms with van der Waals surface area (Å²) in [6, 6.07) is 20.7. The van der Waals surface area contributed by atoms with Crippen LogP contribution in [0, 0.1) is 0 Å². The van der Waals surface area contributed by atoms with Gasteiger partial charge in [-0.2, -0.15) is 0 Å². The predicted molar refractivity (Wildman–Crippen MR) is 174 cm³/mol. The first kappa shape index (κ1) is 33.1. The minimum atomic E-state index is -3.73. The molecule has 7 nitrogen and oxygen atoms in total. The van der Waals surface area contributed by atoms with E-state index in [2.05, 4.69) is 5.32 Å². The molecule has 1 N–H and O–H groups in total. The summed E-state index contributed by atoms with van der Waals surface area (Å²) >= 11 is 18.7. The molecule has 0 bridgehead atoms. The zero-order valence-corrected chi connectivity index (χ0v) is 27.1. The fraction of sp³-hybridized carbons (Fsp3) is 0.375. The smallest absolute Gasteiger partial charge is 0.243 e. The van der Waals surface area contributed by atoms with Crippen LogP contribution in [0.15, 0.2) is 72.8 Å². The van der Waals surface area contributed by atoms with Crippen LogP contribution in [0.2, 0.25) is 15.1 Å². The van der Waals surface area contributed by atoms with E-state index in [9.17, 15) is 18.0 Å². The van der Waals surface area contributed by atoms with Crippen molar-refractivity contribution in [3.8, 4) is 0 Å². The fourth-order valence-corrected chi connectivity index (χ4v) is 7.03. The highest BCUT2D eigenvalue weighted by Crippen LogP contribution is 2.31. The molecule has 2 amide bonds. The Morgan fingerprint density at radius 1 is 0.907 bits per heavy atom. The summed E-state index contributed by atoms with van der Waals surface area (Å²) in [6.07, 6.45) is 5.58. The standard InChI is InChI=1S/C32H36Cl3N3O4S/c1-43(41,42)38(29-21-26(34)16-17-28(29)35)18-8-15-31(39)37(22-24-11-7-12-25(33)19-24)30(20-23-9-3-2-4-10-23)32(40)36-27-13-5-6-14-27/h2-4,7,9-12,16-17,19,21,27,30H,5-6,8,13-15,18,20,22H2,1H3,(H,36,40)/t30-/m1/s1. The minimum Gasteiger partial charge on any atom is -0.352 e. The zero-order chi connectivity index (χ0) is 31.0. The Morgan fingerprint density at radius 3 is 2.26 bits per heavy atom. The van der Waals surface area contributed by atoms with Crippen LogP contribution in [-0.2, 0) is 32.6 Å². The topological polar surface area (TPSA) is 86.8 Å². The predicted octanol–water partition coefficient (Wildman–Crippen LogP) is 6.89. The fourth-order valence-electron chi connectivity index (χ4n) is 5.41. The van der Waals surface area contributed by atoms with Crippen LogP contribution in [0.1, 0.15) is 49.7 Å². The summed E-state index contributed by atoms with van der Waals surface area (Å²) in [7, 11) is -3.73. The van der Waals surface area contributed by atoms with E-state index in [1.54, 1.807) is 23.1 Å². The van der Waals surface area contributed by atoms with Crippen LogP contribution >= 0.6 is 34.8 Å². The van der Waals surface area contributed by atoms with E-state index < -0.39 is 16.1 Å². The molecule has 1 aliphatic rings. The molecule has 3 aromatic rings. The van der Waals surface area contributed by atoms with Gasteiger partial charge >= 0.3 is 0 Å². The summed E-state index contributed by atoms with van der Waals surface area (Å²) in [5, 5.41) is 4.29. The van der Waals surface area contributed by atoms with E-state index in [1.165, 1.54) is 12.1 Å². The first-order valence-corrected chi connectivity index (χ1v) is 17.3. The number of halogens is 3. The molecule has 0 heterocycles. The number of anilines is 1. The zero-order valence-electron chi connectivity index (χ0n) is 24.0. The van der Waals surface area contributed by atoms with Gasteiger partial charge in [-0.25, -0.2) is 8.42 Å². The van der Waals surface area contributed by atoms with Gasteiger partial charge in [-0.3, -0.25) is 13.9 Å². The Hall–Kier alpha value is -2.78. The van der Waals surface area contributed by atoms with Crippen molar-refractivity contribution in [2.45, 2.75) is 63.6 Å². The molecule has 4 rings (SSSR count). The highest BCUT2D eigenvalue weighted by atomic mass is 35.5. The van der Waals surface area contributed by atoms with Crippen molar-refractivity contribution in [1.29, 1.82) is 0 Å². The van der Waals surface area contributed by atoms with Gasteiger partial charge < -0.3 is 10.2 Å². The molecule has 0 saturated heterocycles. The Morgan fingerprint density at radius 2 is 1.58 bits per heavy atom. The number of rotatable bonds is 13. The largest absolute Gasteiger partial charge is 0.352 e. The number of sulfonamides is 1. The van der Waals surface area contributed by atoms with Crippen LogP contribution in [-0.4, -0.2) is 50.0 Å². The van der Waals surface area contributed by atoms with Crippen molar-refractivity contribution in [3.05, 3.63) is 99.0 Å². The molecule has 230 valence electrons. The first-order chi connectivity index (χ1) is 20.5. The van der Waals surface area contributed by atoms with Gasteiger partial charge in [-0.15, -0.1) is 0 Å². The number of nitrogens with zero attached hydrogens (tertiary/aromatic N) is 2. The molecular formula is C32H36Cl3N3O4S. The summed E-state index contributed by atoms with van der Waals surface area (Å²) in [5.41, 5.74) is 1.96. The van der Waals surface area contributed by atoms with Crippen molar-refractivity contribution in [2.24, 2.45) is 0 Å². The van der Waals surface area contributed by atoms with Crippen LogP contribution < -0.4 is 9.62 Å². The van der Waals surface area contributed by atoms with Crippen molar-refractivity contribution in [3.63, 3.8) is 0 Å². The SMILES string of the molecule is CS(=O)(=O)N(CCCC(=O)N(Cc1cccc(Cl)c1)[C@H](Cc1ccccc1)C(=O)NC1CCCC1)c1cc(Cl)ccc1Cl. The van der Waals surface area contributed by atoms with E-state index in [1.807, 2.05) is 42.5 Å². The van der Waals surface area contributed by atoms with Crippen LogP contribution in [0.5, 0.6) is 0 Å². The lowest BCUT2D eigenvalue weighted by Crippen LogP contribution is -2.52. The number of nitrogens with one attached hydrogen (secondary N) is 1. The Labute approximate surface area is 269 Å². The van der Waals surface area contributed by atoms with Gasteiger partial charge in [-0.05, 0) is 60.7 Å². The van der Waals surface area contributed by atoms with Crippen LogP contribution in [0.3, 0.4) is 0 Å². The Balaban J connectivity index is 1.60. The molecule has 11 heteroatoms. The first-order valence-electron chi connectivity index (χ1n) is 14.3. The van der Waals surface area contributed by atoms with Gasteiger partial charge in [0.15, 0.2) is 0 Å². The van der Waals surface area contributed by atoms with Gasteiger partial charge in [0.05, 0.1) is 17.0 Å². The van der Waals surface area contributed by atoms with Crippen LogP contribution in [0.25, 0.3) is 0 Å². The third kappa shape index (κ3) is 9.60. The minimum absolute atomic E-state index is 0.00672. The van der Waals surface area contributed by atoms with Crippen molar-refractivity contribution < 1.29 is 18.0 Å². The molecule has 0 aliphatic heterocycles. The van der Waals surface area contributed by atoms with Gasteiger partial charge in [0.25, 0.3) is 0 Å². The van der Waals surface area contributed by atoms with E-state index >= 15 is 0 Å². The van der Waals surface area contributed by atoms with E-state index in [0.717, 1.165) is 47.4 Å². The summed E-state index contributed by atoms with van der Waals surface area (Å²) < 4.78 is 26.6. The second-order valence-electron chi connectivity index (χ2n) is 10.9. The summed E-state index contributed by atoms with van der Waals surface area (Å²) in [5.74, 6) is -0.470. The summed E-state index contributed by atoms with van der Waals surface area (Å²) in [6.45, 7) is 0.179. The van der Waals surface area contributed by atoms with Gasteiger partial charge in [0.1, 0.15) is 6.04 Å². The maximum atomic E-state index is 14.0. The van der Waals surface area contributed by atoms with E-state index in [4.69, 9.17) is 34.8 Å². The molecule has 0 radical (unpaired) electrons. The van der Waals surface area contributed by atoms with E-state index in [0.29, 0.717) is 16.5 Å². The lowest BCUT2D eigenvalue weighted by Gasteiger charge is -2.33. The molecule has 0 aromatic heterocycles. The highest BCUT2D eigenvalue weighted by Gasteiger charge is 2.32. The number of hydrogen-bond acceptors (Lipinski definition) is 4. The highest BCUT2D eigenvalue weighted by molar-refractivity contribution is 7.92. The normalized spacial score (nSPS) is 14.3. The van der Waals surface area contributed by atoms with E-state index in [-0.39, 0.29) is 54.5 Å². The molecule has 0 spiro atoms. The van der Waals surface area contributed by atoms with Crippen molar-refractivity contribution >= 4 is 62.3 Å². The number of hydrogen-bond donors (Lipinski definition) is 1. The maximum Gasteiger partial charge on any atom is 0.243 e. The lowest BCUT2D eigenvalue weighted by molar-refractivity contribution is -0.141. The van der Waals surface area contributed by atoms with Crippen molar-refractivity contribution in [1.82, 2.24) is 10.2 Å². The van der Waals surface area contributed by atoms with Gasteiger partial charge in [0.2, 0.25) is 21.8 Å². The van der Waals surface area contributed by atoms with Gasteiger partial charge in [0, 0.05) is 42.0 Å². The number of benzene rings is 3. The lowest BCUT2D eigenvalue weighted by atomic mass is 10.0. The molecule has 0 unspecified atom stereocenters. The molecule has 3 aromatic carbocycles. The second-order valence-corrected chi connectivity index (χ2v) is 14.1. The monoisotopic (exact) mass is 663 g/mol. The third-order valence-corrected chi connectivity index (χ3v) is 9.51. The molecule has 1 aliphatic carbocycles. The molecular weight excluding hydrogens is 629 g/mol. The third-order valence-electron chi connectivity index (χ3n) is 7.54. The Kier molecular flexibility index (Phi) is 11.8.